The predicted molar refractivity (Wildman–Crippen MR) is 120 cm³/mol. The van der Waals surface area contributed by atoms with Crippen LogP contribution in [0.15, 0.2) is 78.9 Å². The van der Waals surface area contributed by atoms with E-state index in [-0.39, 0.29) is 22.8 Å². The molecule has 1 amide bonds. The Morgan fingerprint density at radius 3 is 2.35 bits per heavy atom. The van der Waals surface area contributed by atoms with Crippen LogP contribution in [0.4, 0.5) is 10.5 Å². The number of pyridine rings is 1. The van der Waals surface area contributed by atoms with Crippen LogP contribution in [0, 0.1) is 0 Å². The maximum atomic E-state index is 13.7. The number of nitrogens with zero attached hydrogens (tertiary/aromatic N) is 1. The summed E-state index contributed by atoms with van der Waals surface area (Å²) >= 11 is 0. The van der Waals surface area contributed by atoms with Gasteiger partial charge in [0.25, 0.3) is 0 Å². The average Bonchev–Trinajstić information content (AvgIpc) is 2.79. The maximum Gasteiger partial charge on any atom is 0.427 e. The second-order valence-electron chi connectivity index (χ2n) is 6.72. The summed E-state index contributed by atoms with van der Waals surface area (Å²) in [5.74, 6) is -0.233. The minimum Gasteiger partial charge on any atom is -0.409 e. The van der Waals surface area contributed by atoms with Gasteiger partial charge >= 0.3 is 6.09 Å². The lowest BCUT2D eigenvalue weighted by molar-refractivity contribution is 0.103. The predicted octanol–water partition coefficient (Wildman–Crippen LogP) is 3.94. The summed E-state index contributed by atoms with van der Waals surface area (Å²) in [7, 11) is 1.53. The Morgan fingerprint density at radius 1 is 0.903 bits per heavy atom. The molecule has 4 aromatic rings. The van der Waals surface area contributed by atoms with E-state index in [0.717, 1.165) is 5.56 Å². The Morgan fingerprint density at radius 2 is 1.58 bits per heavy atom. The second kappa shape index (κ2) is 8.64. The molecule has 1 aromatic heterocycles. The molecule has 0 saturated heterocycles. The molecule has 0 saturated carbocycles. The zero-order chi connectivity index (χ0) is 21.8. The van der Waals surface area contributed by atoms with Crippen molar-refractivity contribution in [3.8, 4) is 17.0 Å². The smallest absolute Gasteiger partial charge is 0.409 e. The summed E-state index contributed by atoms with van der Waals surface area (Å²) in [6, 6.07) is 23.3. The molecule has 3 aromatic carbocycles. The van der Waals surface area contributed by atoms with Crippen LogP contribution in [-0.2, 0) is 0 Å². The number of aromatic nitrogens is 1. The van der Waals surface area contributed by atoms with Crippen molar-refractivity contribution < 1.29 is 14.3 Å². The van der Waals surface area contributed by atoms with E-state index in [4.69, 9.17) is 15.5 Å². The minimum absolute atomic E-state index is 0.127. The van der Waals surface area contributed by atoms with Crippen LogP contribution in [0.2, 0.25) is 0 Å². The molecule has 7 heteroatoms. The fourth-order valence-electron chi connectivity index (χ4n) is 3.39. The van der Waals surface area contributed by atoms with Gasteiger partial charge in [0.15, 0.2) is 5.78 Å². The summed E-state index contributed by atoms with van der Waals surface area (Å²) in [5.41, 5.74) is 14.1. The molecule has 0 aliphatic rings. The highest BCUT2D eigenvalue weighted by Gasteiger charge is 2.24. The molecule has 4 rings (SSSR count). The Balaban J connectivity index is 1.90. The third kappa shape index (κ3) is 3.94. The number of carbonyl (C=O) groups excluding carboxylic acids is 2. The zero-order valence-electron chi connectivity index (χ0n) is 16.8. The molecule has 0 aliphatic carbocycles. The molecular weight excluding hydrogens is 392 g/mol. The van der Waals surface area contributed by atoms with Crippen molar-refractivity contribution >= 4 is 28.5 Å². The number of nitrogen functional groups attached to an aromatic ring is 1. The van der Waals surface area contributed by atoms with Crippen molar-refractivity contribution in [3.05, 3.63) is 90.0 Å². The number of nitrogens with one attached hydrogen (secondary N) is 2. The molecule has 0 atom stereocenters. The number of anilines is 1. The lowest BCUT2D eigenvalue weighted by atomic mass is 9.94. The lowest BCUT2D eigenvalue weighted by Crippen LogP contribution is -2.36. The monoisotopic (exact) mass is 412 g/mol. The van der Waals surface area contributed by atoms with E-state index in [2.05, 4.69) is 10.9 Å². The number of para-hydroxylation sites is 2. The number of ketones is 1. The van der Waals surface area contributed by atoms with Gasteiger partial charge in [0.05, 0.1) is 28.0 Å². The first-order valence-corrected chi connectivity index (χ1v) is 9.62. The summed E-state index contributed by atoms with van der Waals surface area (Å²) in [4.78, 5) is 30.3. The first-order chi connectivity index (χ1) is 15.1. The van der Waals surface area contributed by atoms with Crippen molar-refractivity contribution in [2.24, 2.45) is 0 Å². The summed E-state index contributed by atoms with van der Waals surface area (Å²) in [5, 5.41) is 0.624. The summed E-state index contributed by atoms with van der Waals surface area (Å²) in [6.45, 7) is 0. The topological polar surface area (TPSA) is 106 Å². The van der Waals surface area contributed by atoms with Crippen molar-refractivity contribution in [3.63, 3.8) is 0 Å². The fourth-order valence-corrected chi connectivity index (χ4v) is 3.39. The molecule has 0 unspecified atom stereocenters. The maximum absolute atomic E-state index is 13.7. The number of ether oxygens (including phenoxy) is 1. The van der Waals surface area contributed by atoms with Gasteiger partial charge in [-0.2, -0.15) is 0 Å². The van der Waals surface area contributed by atoms with E-state index >= 15 is 0 Å². The summed E-state index contributed by atoms with van der Waals surface area (Å²) in [6.07, 6.45) is -0.736. The van der Waals surface area contributed by atoms with E-state index in [1.165, 1.54) is 7.05 Å². The normalized spacial score (nSPS) is 10.6. The fraction of sp³-hybridized carbons (Fsp3) is 0.0417. The van der Waals surface area contributed by atoms with Crippen LogP contribution in [-0.4, -0.2) is 23.9 Å². The summed E-state index contributed by atoms with van der Waals surface area (Å²) < 4.78 is 5.31. The molecule has 0 spiro atoms. The van der Waals surface area contributed by atoms with Gasteiger partial charge in [-0.3, -0.25) is 10.2 Å². The van der Waals surface area contributed by atoms with Gasteiger partial charge in [-0.25, -0.2) is 15.2 Å². The highest BCUT2D eigenvalue weighted by molar-refractivity contribution is 6.21. The molecule has 1 heterocycles. The van der Waals surface area contributed by atoms with Crippen molar-refractivity contribution in [1.82, 2.24) is 15.8 Å². The Labute approximate surface area is 178 Å². The number of nitrogens with two attached hydrogens (primary N) is 1. The Hall–Kier alpha value is -4.23. The van der Waals surface area contributed by atoms with Gasteiger partial charge < -0.3 is 10.5 Å². The van der Waals surface area contributed by atoms with Crippen LogP contribution in [0.25, 0.3) is 22.2 Å². The molecule has 0 bridgehead atoms. The highest BCUT2D eigenvalue weighted by Crippen LogP contribution is 2.35. The van der Waals surface area contributed by atoms with Crippen LogP contribution in [0.1, 0.15) is 15.9 Å². The largest absolute Gasteiger partial charge is 0.427 e. The lowest BCUT2D eigenvalue weighted by Gasteiger charge is -2.15. The standard InChI is InChI=1S/C24H20N4O3/c1-26-28-24(30)31-19-14-8-6-12-17(19)23(29)20-16-11-5-7-13-18(16)27-22(21(20)25)15-9-3-2-4-10-15/h2-14,26H,25H2,1H3,(H,28,30). The minimum atomic E-state index is -0.736. The number of hydrogen-bond acceptors (Lipinski definition) is 6. The molecule has 0 aliphatic heterocycles. The zero-order valence-corrected chi connectivity index (χ0v) is 16.8. The Bertz CT molecular complexity index is 1270. The van der Waals surface area contributed by atoms with E-state index in [1.54, 1.807) is 30.3 Å². The third-order valence-electron chi connectivity index (χ3n) is 4.77. The van der Waals surface area contributed by atoms with Gasteiger partial charge in [0.1, 0.15) is 5.75 Å². The third-order valence-corrected chi connectivity index (χ3v) is 4.77. The van der Waals surface area contributed by atoms with E-state index < -0.39 is 6.09 Å². The first kappa shape index (κ1) is 20.1. The molecule has 4 N–H and O–H groups in total. The first-order valence-electron chi connectivity index (χ1n) is 9.62. The van der Waals surface area contributed by atoms with Gasteiger partial charge in [-0.15, -0.1) is 0 Å². The molecule has 7 nitrogen and oxygen atoms in total. The van der Waals surface area contributed by atoms with Crippen LogP contribution in [0.5, 0.6) is 5.75 Å². The quantitative estimate of drug-likeness (QED) is 0.339. The van der Waals surface area contributed by atoms with Crippen LogP contribution < -0.4 is 21.3 Å². The number of amides is 1. The molecule has 0 radical (unpaired) electrons. The number of benzene rings is 3. The van der Waals surface area contributed by atoms with E-state index in [0.29, 0.717) is 22.2 Å². The van der Waals surface area contributed by atoms with Gasteiger partial charge in [0, 0.05) is 18.0 Å². The number of hydrogen-bond donors (Lipinski definition) is 3. The van der Waals surface area contributed by atoms with Crippen molar-refractivity contribution in [1.29, 1.82) is 0 Å². The van der Waals surface area contributed by atoms with Crippen LogP contribution >= 0.6 is 0 Å². The molecule has 154 valence electrons. The number of rotatable bonds is 5. The second-order valence-corrected chi connectivity index (χ2v) is 6.72. The average molecular weight is 412 g/mol. The van der Waals surface area contributed by atoms with Crippen molar-refractivity contribution in [2.75, 3.05) is 12.8 Å². The highest BCUT2D eigenvalue weighted by atomic mass is 16.6. The van der Waals surface area contributed by atoms with Crippen LogP contribution in [0.3, 0.4) is 0 Å². The molecular formula is C24H20N4O3. The number of hydrazine groups is 1. The van der Waals surface area contributed by atoms with Gasteiger partial charge in [-0.05, 0) is 18.2 Å². The molecule has 0 fully saturated rings. The van der Waals surface area contributed by atoms with E-state index in [9.17, 15) is 9.59 Å². The van der Waals surface area contributed by atoms with Gasteiger partial charge in [0.2, 0.25) is 0 Å². The SMILES string of the molecule is CNNC(=O)Oc1ccccc1C(=O)c1c(N)c(-c2ccccc2)nc2ccccc12. The van der Waals surface area contributed by atoms with Gasteiger partial charge in [-0.1, -0.05) is 60.7 Å². The number of carbonyl (C=O) groups is 2. The molecule has 31 heavy (non-hydrogen) atoms. The van der Waals surface area contributed by atoms with Crippen molar-refractivity contribution in [2.45, 2.75) is 0 Å². The van der Waals surface area contributed by atoms with E-state index in [1.807, 2.05) is 48.5 Å². The number of fused-ring (bicyclic) bond motifs is 1. The Kier molecular flexibility index (Phi) is 5.59.